The van der Waals surface area contributed by atoms with E-state index in [0.29, 0.717) is 17.5 Å². The number of halogens is 1. The van der Waals surface area contributed by atoms with E-state index in [1.54, 1.807) is 13.0 Å². The van der Waals surface area contributed by atoms with Crippen LogP contribution < -0.4 is 5.32 Å². The van der Waals surface area contributed by atoms with E-state index >= 15 is 0 Å². The maximum atomic E-state index is 13.1. The molecule has 1 aromatic rings. The molecule has 0 aliphatic heterocycles. The molecule has 0 aliphatic carbocycles. The Morgan fingerprint density at radius 2 is 2.24 bits per heavy atom. The molecule has 3 nitrogen and oxygen atoms in total. The number of carbonyl (C=O) groups is 1. The van der Waals surface area contributed by atoms with Crippen molar-refractivity contribution >= 4 is 5.91 Å². The normalized spacial score (nSPS) is 11.6. The number of nitrogens with zero attached hydrogens (tertiary/aromatic N) is 1. The van der Waals surface area contributed by atoms with E-state index in [4.69, 9.17) is 5.26 Å². The van der Waals surface area contributed by atoms with Crippen LogP contribution in [0.25, 0.3) is 0 Å². The van der Waals surface area contributed by atoms with Crippen LogP contribution in [0.5, 0.6) is 0 Å². The third kappa shape index (κ3) is 3.87. The van der Waals surface area contributed by atoms with Crippen molar-refractivity contribution in [3.63, 3.8) is 0 Å². The Kier molecular flexibility index (Phi) is 4.65. The van der Waals surface area contributed by atoms with Crippen LogP contribution in [0.2, 0.25) is 0 Å². The fourth-order valence-electron chi connectivity index (χ4n) is 1.54. The van der Waals surface area contributed by atoms with E-state index in [1.165, 1.54) is 12.1 Å². The minimum absolute atomic E-state index is 0.184. The molecule has 0 bridgehead atoms. The highest BCUT2D eigenvalue weighted by Gasteiger charge is 2.12. The molecule has 0 heterocycles. The first-order valence-electron chi connectivity index (χ1n) is 5.51. The molecule has 4 heteroatoms. The van der Waals surface area contributed by atoms with Crippen molar-refractivity contribution in [1.29, 1.82) is 5.26 Å². The summed E-state index contributed by atoms with van der Waals surface area (Å²) in [4.78, 5) is 11.8. The molecule has 90 valence electrons. The number of rotatable bonds is 4. The van der Waals surface area contributed by atoms with Gasteiger partial charge in [0.2, 0.25) is 0 Å². The van der Waals surface area contributed by atoms with Gasteiger partial charge in [0.1, 0.15) is 5.82 Å². The lowest BCUT2D eigenvalue weighted by Crippen LogP contribution is -2.34. The molecule has 0 aliphatic rings. The third-order valence-electron chi connectivity index (χ3n) is 2.47. The summed E-state index contributed by atoms with van der Waals surface area (Å²) in [7, 11) is 0. The predicted octanol–water partition coefficient (Wildman–Crippen LogP) is 2.56. The number of benzene rings is 1. The Hall–Kier alpha value is -1.89. The van der Waals surface area contributed by atoms with E-state index in [2.05, 4.69) is 5.32 Å². The number of hydrogen-bond donors (Lipinski definition) is 1. The van der Waals surface area contributed by atoms with Crippen molar-refractivity contribution in [3.05, 3.63) is 35.1 Å². The highest BCUT2D eigenvalue weighted by atomic mass is 19.1. The first kappa shape index (κ1) is 13.2. The molecular formula is C13H15FN2O. The predicted molar refractivity (Wildman–Crippen MR) is 62.9 cm³/mol. The van der Waals surface area contributed by atoms with Crippen molar-refractivity contribution in [2.45, 2.75) is 32.7 Å². The van der Waals surface area contributed by atoms with Crippen molar-refractivity contribution in [3.8, 4) is 6.07 Å². The van der Waals surface area contributed by atoms with Crippen LogP contribution in [0.15, 0.2) is 18.2 Å². The van der Waals surface area contributed by atoms with E-state index in [0.717, 1.165) is 0 Å². The molecule has 17 heavy (non-hydrogen) atoms. The van der Waals surface area contributed by atoms with Crippen molar-refractivity contribution in [2.24, 2.45) is 0 Å². The van der Waals surface area contributed by atoms with Crippen molar-refractivity contribution in [1.82, 2.24) is 5.32 Å². The number of aryl methyl sites for hydroxylation is 1. The number of nitriles is 1. The Morgan fingerprint density at radius 1 is 1.53 bits per heavy atom. The van der Waals surface area contributed by atoms with Gasteiger partial charge in [-0.05, 0) is 37.1 Å². The zero-order chi connectivity index (χ0) is 12.8. The van der Waals surface area contributed by atoms with Crippen LogP contribution >= 0.6 is 0 Å². The standard InChI is InChI=1S/C13H15FN2O/c1-3-12(4-5-15)16-13(17)10-6-9(2)7-11(14)8-10/h6-8,12H,3-4H2,1-2H3,(H,16,17). The van der Waals surface area contributed by atoms with Gasteiger partial charge in [0.15, 0.2) is 0 Å². The molecule has 0 aromatic heterocycles. The highest BCUT2D eigenvalue weighted by Crippen LogP contribution is 2.09. The fourth-order valence-corrected chi connectivity index (χ4v) is 1.54. The molecular weight excluding hydrogens is 219 g/mol. The first-order valence-corrected chi connectivity index (χ1v) is 5.51. The molecule has 1 atom stereocenters. The van der Waals surface area contributed by atoms with Gasteiger partial charge < -0.3 is 5.32 Å². The highest BCUT2D eigenvalue weighted by molar-refractivity contribution is 5.94. The maximum absolute atomic E-state index is 13.1. The quantitative estimate of drug-likeness (QED) is 0.870. The Bertz CT molecular complexity index is 431. The van der Waals surface area contributed by atoms with E-state index in [9.17, 15) is 9.18 Å². The van der Waals surface area contributed by atoms with Gasteiger partial charge in [-0.1, -0.05) is 6.92 Å². The molecule has 1 amide bonds. The van der Waals surface area contributed by atoms with Gasteiger partial charge in [-0.25, -0.2) is 4.39 Å². The summed E-state index contributed by atoms with van der Waals surface area (Å²) in [6, 6.07) is 6.01. The average molecular weight is 234 g/mol. The summed E-state index contributed by atoms with van der Waals surface area (Å²) >= 11 is 0. The second-order valence-corrected chi connectivity index (χ2v) is 3.96. The second kappa shape index (κ2) is 6.00. The smallest absolute Gasteiger partial charge is 0.251 e. The molecule has 0 saturated carbocycles. The summed E-state index contributed by atoms with van der Waals surface area (Å²) in [6.45, 7) is 3.62. The topological polar surface area (TPSA) is 52.9 Å². The zero-order valence-electron chi connectivity index (χ0n) is 9.96. The van der Waals surface area contributed by atoms with Gasteiger partial charge in [0, 0.05) is 11.6 Å². The van der Waals surface area contributed by atoms with Crippen LogP contribution in [-0.2, 0) is 0 Å². The third-order valence-corrected chi connectivity index (χ3v) is 2.47. The van der Waals surface area contributed by atoms with Crippen molar-refractivity contribution < 1.29 is 9.18 Å². The van der Waals surface area contributed by atoms with Gasteiger partial charge >= 0.3 is 0 Å². The van der Waals surface area contributed by atoms with E-state index < -0.39 is 5.82 Å². The van der Waals surface area contributed by atoms with E-state index in [1.807, 2.05) is 13.0 Å². The summed E-state index contributed by atoms with van der Waals surface area (Å²) in [6.07, 6.45) is 0.935. The molecule has 1 unspecified atom stereocenters. The summed E-state index contributed by atoms with van der Waals surface area (Å²) in [5.74, 6) is -0.766. The summed E-state index contributed by atoms with van der Waals surface area (Å²) in [5, 5.41) is 11.3. The lowest BCUT2D eigenvalue weighted by atomic mass is 10.1. The van der Waals surface area contributed by atoms with Crippen molar-refractivity contribution in [2.75, 3.05) is 0 Å². The largest absolute Gasteiger partial charge is 0.348 e. The van der Waals surface area contributed by atoms with Crippen LogP contribution in [0.3, 0.4) is 0 Å². The molecule has 1 rings (SSSR count). The molecule has 0 saturated heterocycles. The lowest BCUT2D eigenvalue weighted by Gasteiger charge is -2.13. The fraction of sp³-hybridized carbons (Fsp3) is 0.385. The van der Waals surface area contributed by atoms with Gasteiger partial charge in [-0.2, -0.15) is 5.26 Å². The number of carbonyl (C=O) groups excluding carboxylic acids is 1. The molecule has 0 fully saturated rings. The number of amides is 1. The first-order chi connectivity index (χ1) is 8.06. The lowest BCUT2D eigenvalue weighted by molar-refractivity contribution is 0.0936. The Morgan fingerprint density at radius 3 is 2.76 bits per heavy atom. The van der Waals surface area contributed by atoms with Gasteiger partial charge in [-0.15, -0.1) is 0 Å². The second-order valence-electron chi connectivity index (χ2n) is 3.96. The maximum Gasteiger partial charge on any atom is 0.251 e. The number of hydrogen-bond acceptors (Lipinski definition) is 2. The van der Waals surface area contributed by atoms with Gasteiger partial charge in [0.05, 0.1) is 12.5 Å². The van der Waals surface area contributed by atoms with Crippen LogP contribution in [0.1, 0.15) is 35.7 Å². The number of nitrogens with one attached hydrogen (secondary N) is 1. The Labute approximate surface area is 100 Å². The minimum Gasteiger partial charge on any atom is -0.348 e. The monoisotopic (exact) mass is 234 g/mol. The zero-order valence-corrected chi connectivity index (χ0v) is 9.96. The van der Waals surface area contributed by atoms with Crippen LogP contribution in [0, 0.1) is 24.1 Å². The average Bonchev–Trinajstić information content (AvgIpc) is 2.27. The van der Waals surface area contributed by atoms with E-state index in [-0.39, 0.29) is 18.4 Å². The van der Waals surface area contributed by atoms with Gasteiger partial charge in [0.25, 0.3) is 5.91 Å². The SMILES string of the molecule is CCC(CC#N)NC(=O)c1cc(C)cc(F)c1. The molecule has 0 radical (unpaired) electrons. The Balaban J connectivity index is 2.79. The van der Waals surface area contributed by atoms with Crippen LogP contribution in [0.4, 0.5) is 4.39 Å². The van der Waals surface area contributed by atoms with Gasteiger partial charge in [-0.3, -0.25) is 4.79 Å². The summed E-state index contributed by atoms with van der Waals surface area (Å²) in [5.41, 5.74) is 0.988. The molecule has 0 spiro atoms. The van der Waals surface area contributed by atoms with Crippen LogP contribution in [-0.4, -0.2) is 11.9 Å². The molecule has 1 N–H and O–H groups in total. The minimum atomic E-state index is -0.427. The molecule has 1 aromatic carbocycles. The summed E-state index contributed by atoms with van der Waals surface area (Å²) < 4.78 is 13.1.